The van der Waals surface area contributed by atoms with Gasteiger partial charge in [-0.2, -0.15) is 0 Å². The van der Waals surface area contributed by atoms with Crippen LogP contribution >= 0.6 is 0 Å². The summed E-state index contributed by atoms with van der Waals surface area (Å²) < 4.78 is 19.6. The van der Waals surface area contributed by atoms with Gasteiger partial charge in [0.15, 0.2) is 0 Å². The van der Waals surface area contributed by atoms with E-state index in [0.29, 0.717) is 29.2 Å². The van der Waals surface area contributed by atoms with Crippen LogP contribution in [0, 0.1) is 12.7 Å². The molecule has 5 rings (SSSR count). The van der Waals surface area contributed by atoms with E-state index < -0.39 is 23.5 Å². The Hall–Kier alpha value is -4.71. The lowest BCUT2D eigenvalue weighted by atomic mass is 9.94. The quantitative estimate of drug-likeness (QED) is 0.193. The topological polar surface area (TPSA) is 66.8 Å². The van der Waals surface area contributed by atoms with Crippen LogP contribution in [0.2, 0.25) is 0 Å². The fraction of sp³-hybridized carbons (Fsp3) is 0.0968. The molecule has 1 atom stereocenters. The molecule has 1 heterocycles. The molecule has 184 valence electrons. The number of aliphatic hydroxyl groups excluding tert-OH is 1. The zero-order chi connectivity index (χ0) is 25.9. The van der Waals surface area contributed by atoms with Crippen molar-refractivity contribution in [3.05, 3.63) is 137 Å². The van der Waals surface area contributed by atoms with Crippen LogP contribution < -0.4 is 9.64 Å². The molecule has 1 saturated heterocycles. The number of rotatable bonds is 6. The molecule has 0 saturated carbocycles. The summed E-state index contributed by atoms with van der Waals surface area (Å²) in [6.07, 6.45) is 0. The van der Waals surface area contributed by atoms with Gasteiger partial charge in [0.2, 0.25) is 0 Å². The number of carbonyl (C=O) groups excluding carboxylic acids is 2. The predicted molar refractivity (Wildman–Crippen MR) is 140 cm³/mol. The fourth-order valence-electron chi connectivity index (χ4n) is 4.50. The normalized spacial score (nSPS) is 16.7. The van der Waals surface area contributed by atoms with Crippen LogP contribution in [0.3, 0.4) is 0 Å². The minimum Gasteiger partial charge on any atom is -0.507 e. The summed E-state index contributed by atoms with van der Waals surface area (Å²) in [7, 11) is 0. The van der Waals surface area contributed by atoms with Gasteiger partial charge < -0.3 is 9.84 Å². The van der Waals surface area contributed by atoms with Gasteiger partial charge in [0, 0.05) is 11.3 Å². The van der Waals surface area contributed by atoms with E-state index in [1.54, 1.807) is 48.5 Å². The van der Waals surface area contributed by atoms with Crippen LogP contribution in [0.1, 0.15) is 28.3 Å². The number of hydrogen-bond acceptors (Lipinski definition) is 4. The third-order valence-electron chi connectivity index (χ3n) is 6.35. The van der Waals surface area contributed by atoms with Crippen LogP contribution in [0.25, 0.3) is 5.76 Å². The van der Waals surface area contributed by atoms with Crippen molar-refractivity contribution >= 4 is 23.1 Å². The lowest BCUT2D eigenvalue weighted by Gasteiger charge is -2.25. The number of ketones is 1. The Morgan fingerprint density at radius 1 is 0.892 bits per heavy atom. The molecule has 1 N–H and O–H groups in total. The number of halogens is 1. The highest BCUT2D eigenvalue weighted by Crippen LogP contribution is 2.42. The summed E-state index contributed by atoms with van der Waals surface area (Å²) in [6.45, 7) is 2.23. The van der Waals surface area contributed by atoms with Crippen molar-refractivity contribution in [3.63, 3.8) is 0 Å². The Kier molecular flexibility index (Phi) is 6.56. The van der Waals surface area contributed by atoms with Gasteiger partial charge in [-0.3, -0.25) is 14.5 Å². The minimum absolute atomic E-state index is 0.0576. The smallest absolute Gasteiger partial charge is 0.300 e. The molecule has 0 radical (unpaired) electrons. The van der Waals surface area contributed by atoms with E-state index in [2.05, 4.69) is 0 Å². The van der Waals surface area contributed by atoms with E-state index >= 15 is 0 Å². The molecule has 4 aromatic carbocycles. The molecule has 1 fully saturated rings. The van der Waals surface area contributed by atoms with Crippen LogP contribution in [0.4, 0.5) is 10.1 Å². The van der Waals surface area contributed by atoms with Crippen LogP contribution in [0.15, 0.2) is 109 Å². The van der Waals surface area contributed by atoms with Crippen molar-refractivity contribution in [3.8, 4) is 5.75 Å². The molecule has 0 aromatic heterocycles. The van der Waals surface area contributed by atoms with Gasteiger partial charge in [-0.25, -0.2) is 4.39 Å². The Morgan fingerprint density at radius 2 is 1.54 bits per heavy atom. The number of nitrogens with zero attached hydrogens (tertiary/aromatic N) is 1. The molecule has 5 nitrogen and oxygen atoms in total. The maximum absolute atomic E-state index is 13.7. The first kappa shape index (κ1) is 24.0. The first-order chi connectivity index (χ1) is 17.9. The number of ether oxygens (including phenoxy) is 1. The Morgan fingerprint density at radius 3 is 2.19 bits per heavy atom. The molecular formula is C31H24FNO4. The highest BCUT2D eigenvalue weighted by molar-refractivity contribution is 6.51. The molecular weight excluding hydrogens is 469 g/mol. The Labute approximate surface area is 214 Å². The molecule has 1 amide bonds. The second-order valence-electron chi connectivity index (χ2n) is 8.81. The maximum Gasteiger partial charge on any atom is 0.300 e. The highest BCUT2D eigenvalue weighted by atomic mass is 19.1. The number of aryl methyl sites for hydroxylation is 1. The van der Waals surface area contributed by atoms with Crippen molar-refractivity contribution in [1.82, 2.24) is 0 Å². The number of anilines is 1. The third-order valence-corrected chi connectivity index (χ3v) is 6.35. The number of Topliss-reactive ketones (excluding diaryl/α,β-unsaturated/α-hetero) is 1. The summed E-state index contributed by atoms with van der Waals surface area (Å²) >= 11 is 0. The van der Waals surface area contributed by atoms with E-state index in [-0.39, 0.29) is 11.3 Å². The van der Waals surface area contributed by atoms with E-state index in [9.17, 15) is 19.1 Å². The molecule has 0 spiro atoms. The first-order valence-corrected chi connectivity index (χ1v) is 11.8. The van der Waals surface area contributed by atoms with Gasteiger partial charge in [0.25, 0.3) is 11.7 Å². The zero-order valence-corrected chi connectivity index (χ0v) is 20.1. The standard InChI is InChI=1S/C31H24FNO4/c1-20-18-23(14-17-26(20)37-19-21-8-4-2-5-9-21)29(34)27-28(22-12-15-24(32)16-13-22)33(31(36)30(27)35)25-10-6-3-7-11-25/h2-18,28,34H,19H2,1H3/b29-27-. The summed E-state index contributed by atoms with van der Waals surface area (Å²) in [5.41, 5.74) is 3.11. The van der Waals surface area contributed by atoms with Crippen molar-refractivity contribution in [2.45, 2.75) is 19.6 Å². The SMILES string of the molecule is Cc1cc(/C(O)=C2/C(=O)C(=O)N(c3ccccc3)C2c2ccc(F)cc2)ccc1OCc1ccccc1. The van der Waals surface area contributed by atoms with E-state index in [0.717, 1.165) is 11.1 Å². The van der Waals surface area contributed by atoms with Gasteiger partial charge in [-0.15, -0.1) is 0 Å². The van der Waals surface area contributed by atoms with Gasteiger partial charge in [0.05, 0.1) is 11.6 Å². The summed E-state index contributed by atoms with van der Waals surface area (Å²) in [5, 5.41) is 11.3. The number of carbonyl (C=O) groups is 2. The molecule has 1 unspecified atom stereocenters. The third kappa shape index (κ3) is 4.74. The van der Waals surface area contributed by atoms with E-state index in [4.69, 9.17) is 4.74 Å². The number of amides is 1. The second-order valence-corrected chi connectivity index (χ2v) is 8.81. The van der Waals surface area contributed by atoms with Crippen LogP contribution in [0.5, 0.6) is 5.75 Å². The lowest BCUT2D eigenvalue weighted by molar-refractivity contribution is -0.132. The molecule has 1 aliphatic heterocycles. The predicted octanol–water partition coefficient (Wildman–Crippen LogP) is 6.34. The van der Waals surface area contributed by atoms with Crippen molar-refractivity contribution < 1.29 is 23.8 Å². The first-order valence-electron chi connectivity index (χ1n) is 11.8. The summed E-state index contributed by atoms with van der Waals surface area (Å²) in [6, 6.07) is 28.2. The lowest BCUT2D eigenvalue weighted by Crippen LogP contribution is -2.29. The second kappa shape index (κ2) is 10.1. The fourth-order valence-corrected chi connectivity index (χ4v) is 4.50. The van der Waals surface area contributed by atoms with Crippen molar-refractivity contribution in [2.75, 3.05) is 4.90 Å². The number of benzene rings is 4. The molecule has 1 aliphatic rings. The average molecular weight is 494 g/mol. The van der Waals surface area contributed by atoms with Gasteiger partial charge >= 0.3 is 0 Å². The maximum atomic E-state index is 13.7. The number of hydrogen-bond donors (Lipinski definition) is 1. The number of aliphatic hydroxyl groups is 1. The van der Waals surface area contributed by atoms with Crippen molar-refractivity contribution in [2.24, 2.45) is 0 Å². The van der Waals surface area contributed by atoms with Crippen molar-refractivity contribution in [1.29, 1.82) is 0 Å². The largest absolute Gasteiger partial charge is 0.507 e. The Balaban J connectivity index is 1.55. The van der Waals surface area contributed by atoms with Gasteiger partial charge in [-0.1, -0.05) is 60.7 Å². The summed E-state index contributed by atoms with van der Waals surface area (Å²) in [5.74, 6) is -1.68. The van der Waals surface area contributed by atoms with Gasteiger partial charge in [-0.05, 0) is 66.1 Å². The molecule has 0 bridgehead atoms. The summed E-state index contributed by atoms with van der Waals surface area (Å²) in [4.78, 5) is 27.8. The van der Waals surface area contributed by atoms with E-state index in [1.165, 1.54) is 29.2 Å². The molecule has 37 heavy (non-hydrogen) atoms. The van der Waals surface area contributed by atoms with Crippen LogP contribution in [-0.4, -0.2) is 16.8 Å². The molecule has 4 aromatic rings. The average Bonchev–Trinajstić information content (AvgIpc) is 3.19. The Bertz CT molecular complexity index is 1480. The van der Waals surface area contributed by atoms with Crippen LogP contribution in [-0.2, 0) is 16.2 Å². The zero-order valence-electron chi connectivity index (χ0n) is 20.1. The molecule has 6 heteroatoms. The minimum atomic E-state index is -0.919. The number of para-hydroxylation sites is 1. The highest BCUT2D eigenvalue weighted by Gasteiger charge is 2.46. The van der Waals surface area contributed by atoms with Gasteiger partial charge in [0.1, 0.15) is 23.9 Å². The monoisotopic (exact) mass is 493 g/mol. The molecule has 0 aliphatic carbocycles. The van der Waals surface area contributed by atoms with E-state index in [1.807, 2.05) is 37.3 Å².